The van der Waals surface area contributed by atoms with Gasteiger partial charge in [0.25, 0.3) is 0 Å². The molecule has 3 aromatic rings. The minimum atomic E-state index is -1.15. The Labute approximate surface area is 238 Å². The summed E-state index contributed by atoms with van der Waals surface area (Å²) in [6.07, 6.45) is 5.22. The van der Waals surface area contributed by atoms with Gasteiger partial charge in [-0.05, 0) is 76.1 Å². The molecule has 0 saturated carbocycles. The molecule has 0 aliphatic carbocycles. The first kappa shape index (κ1) is 29.5. The lowest BCUT2D eigenvalue weighted by molar-refractivity contribution is -0.160. The van der Waals surface area contributed by atoms with Crippen LogP contribution >= 0.6 is 0 Å². The zero-order valence-electron chi connectivity index (χ0n) is 25.0. The normalized spacial score (nSPS) is 16.0. The third-order valence-electron chi connectivity index (χ3n) is 7.59. The molecular formula is C33H43N3O4. The van der Waals surface area contributed by atoms with Crippen molar-refractivity contribution in [2.75, 3.05) is 24.6 Å². The van der Waals surface area contributed by atoms with Crippen LogP contribution in [0.2, 0.25) is 0 Å². The van der Waals surface area contributed by atoms with Gasteiger partial charge in [0.05, 0.1) is 29.8 Å². The molecule has 0 spiro atoms. The van der Waals surface area contributed by atoms with Crippen molar-refractivity contribution in [3.05, 3.63) is 71.2 Å². The van der Waals surface area contributed by atoms with Gasteiger partial charge in [0.15, 0.2) is 6.10 Å². The van der Waals surface area contributed by atoms with Crippen LogP contribution in [0.15, 0.2) is 48.8 Å². The second-order valence-electron chi connectivity index (χ2n) is 12.5. The Kier molecular flexibility index (Phi) is 8.83. The lowest BCUT2D eigenvalue weighted by Crippen LogP contribution is -2.39. The molecule has 7 nitrogen and oxygen atoms in total. The van der Waals surface area contributed by atoms with E-state index in [1.165, 1.54) is 11.1 Å². The minimum Gasteiger partial charge on any atom is -0.492 e. The van der Waals surface area contributed by atoms with Crippen LogP contribution in [0.5, 0.6) is 5.75 Å². The number of carboxylic acids is 1. The number of ether oxygens (including phenoxy) is 2. The van der Waals surface area contributed by atoms with Gasteiger partial charge >= 0.3 is 5.97 Å². The predicted molar refractivity (Wildman–Crippen MR) is 159 cm³/mol. The number of hydrogen-bond acceptors (Lipinski definition) is 6. The zero-order valence-corrected chi connectivity index (χ0v) is 25.0. The van der Waals surface area contributed by atoms with E-state index in [0.29, 0.717) is 23.6 Å². The van der Waals surface area contributed by atoms with Crippen LogP contribution in [-0.2, 0) is 16.0 Å². The predicted octanol–water partition coefficient (Wildman–Crippen LogP) is 6.95. The van der Waals surface area contributed by atoms with E-state index in [1.807, 2.05) is 58.2 Å². The molecule has 214 valence electrons. The van der Waals surface area contributed by atoms with Crippen molar-refractivity contribution in [3.8, 4) is 17.0 Å². The second-order valence-corrected chi connectivity index (χ2v) is 12.5. The Morgan fingerprint density at radius 3 is 2.35 bits per heavy atom. The minimum absolute atomic E-state index is 0.239. The Bertz CT molecular complexity index is 1320. The average Bonchev–Trinajstić information content (AvgIpc) is 2.88. The van der Waals surface area contributed by atoms with Crippen molar-refractivity contribution in [2.24, 2.45) is 5.41 Å². The highest BCUT2D eigenvalue weighted by Gasteiger charge is 2.36. The standard InChI is InChI=1S/C33H43N3O4/c1-22-10-8-9-11-24(22)14-19-39-25-12-13-27(35-20-25)26-21-34-23(2)28(30(31(37)38)40-32(3,4)5)29(26)36-17-15-33(6,7)16-18-36/h8-13,20-21,30H,14-19H2,1-7H3,(H,37,38)/t30-/m0/s1. The smallest absolute Gasteiger partial charge is 0.337 e. The van der Waals surface area contributed by atoms with E-state index < -0.39 is 17.7 Å². The molecule has 1 aliphatic heterocycles. The molecule has 3 heterocycles. The van der Waals surface area contributed by atoms with E-state index in [0.717, 1.165) is 49.3 Å². The summed E-state index contributed by atoms with van der Waals surface area (Å²) < 4.78 is 12.1. The van der Waals surface area contributed by atoms with E-state index in [9.17, 15) is 9.90 Å². The molecule has 2 aromatic heterocycles. The van der Waals surface area contributed by atoms with E-state index in [2.05, 4.69) is 42.8 Å². The number of carboxylic acid groups (broad SMARTS) is 1. The van der Waals surface area contributed by atoms with Crippen LogP contribution in [-0.4, -0.2) is 46.3 Å². The van der Waals surface area contributed by atoms with Crippen LogP contribution in [0.3, 0.4) is 0 Å². The highest BCUT2D eigenvalue weighted by Crippen LogP contribution is 2.43. The summed E-state index contributed by atoms with van der Waals surface area (Å²) >= 11 is 0. The van der Waals surface area contributed by atoms with Crippen molar-refractivity contribution in [1.82, 2.24) is 9.97 Å². The monoisotopic (exact) mass is 545 g/mol. The number of pyridine rings is 2. The number of benzene rings is 1. The van der Waals surface area contributed by atoms with Gasteiger partial charge in [0.2, 0.25) is 0 Å². The molecule has 1 atom stereocenters. The van der Waals surface area contributed by atoms with Gasteiger partial charge in [-0.2, -0.15) is 0 Å². The Morgan fingerprint density at radius 2 is 1.75 bits per heavy atom. The number of anilines is 1. The van der Waals surface area contributed by atoms with Gasteiger partial charge in [0.1, 0.15) is 5.75 Å². The molecule has 1 aliphatic rings. The van der Waals surface area contributed by atoms with E-state index in [-0.39, 0.29) is 5.41 Å². The number of hydrogen-bond donors (Lipinski definition) is 1. The van der Waals surface area contributed by atoms with Crippen molar-refractivity contribution in [3.63, 3.8) is 0 Å². The van der Waals surface area contributed by atoms with Crippen molar-refractivity contribution in [2.45, 2.75) is 79.4 Å². The molecule has 0 amide bonds. The first-order chi connectivity index (χ1) is 18.8. The number of nitrogens with zero attached hydrogens (tertiary/aromatic N) is 3. The summed E-state index contributed by atoms with van der Waals surface area (Å²) in [6.45, 7) is 16.3. The van der Waals surface area contributed by atoms with Crippen LogP contribution in [0, 0.1) is 19.3 Å². The fourth-order valence-electron chi connectivity index (χ4n) is 5.17. The van der Waals surface area contributed by atoms with Gasteiger partial charge in [-0.15, -0.1) is 0 Å². The van der Waals surface area contributed by atoms with Crippen molar-refractivity contribution in [1.29, 1.82) is 0 Å². The van der Waals surface area contributed by atoms with Gasteiger partial charge < -0.3 is 19.5 Å². The molecule has 4 rings (SSSR count). The van der Waals surface area contributed by atoms with Crippen LogP contribution in [0.25, 0.3) is 11.3 Å². The maximum atomic E-state index is 12.6. The van der Waals surface area contributed by atoms with E-state index in [4.69, 9.17) is 14.5 Å². The number of piperidine rings is 1. The number of aliphatic carboxylic acids is 1. The Morgan fingerprint density at radius 1 is 1.05 bits per heavy atom. The fourth-order valence-corrected chi connectivity index (χ4v) is 5.17. The first-order valence-corrected chi connectivity index (χ1v) is 14.1. The number of aryl methyl sites for hydroxylation is 2. The fraction of sp³-hybridized carbons (Fsp3) is 0.485. The summed E-state index contributed by atoms with van der Waals surface area (Å²) in [5.41, 5.74) is 5.73. The van der Waals surface area contributed by atoms with Crippen LogP contribution in [0.1, 0.15) is 75.9 Å². The number of carbonyl (C=O) groups is 1. The molecule has 40 heavy (non-hydrogen) atoms. The summed E-state index contributed by atoms with van der Waals surface area (Å²) in [4.78, 5) is 24.3. The largest absolute Gasteiger partial charge is 0.492 e. The molecule has 1 saturated heterocycles. The molecule has 0 bridgehead atoms. The van der Waals surface area contributed by atoms with E-state index >= 15 is 0 Å². The second kappa shape index (κ2) is 12.0. The summed E-state index contributed by atoms with van der Waals surface area (Å²) in [6, 6.07) is 12.2. The molecule has 1 N–H and O–H groups in total. The average molecular weight is 546 g/mol. The summed E-state index contributed by atoms with van der Waals surface area (Å²) in [5, 5.41) is 10.3. The Hall–Kier alpha value is -3.45. The van der Waals surface area contributed by atoms with Gasteiger partial charge in [-0.3, -0.25) is 9.97 Å². The van der Waals surface area contributed by atoms with Crippen LogP contribution in [0.4, 0.5) is 5.69 Å². The zero-order chi connectivity index (χ0) is 29.1. The molecular weight excluding hydrogens is 502 g/mol. The highest BCUT2D eigenvalue weighted by atomic mass is 16.5. The number of aromatic nitrogens is 2. The van der Waals surface area contributed by atoms with Crippen molar-refractivity contribution < 1.29 is 19.4 Å². The Balaban J connectivity index is 1.68. The first-order valence-electron chi connectivity index (χ1n) is 14.1. The number of rotatable bonds is 9. The van der Waals surface area contributed by atoms with Gasteiger partial charge in [-0.1, -0.05) is 38.1 Å². The maximum absolute atomic E-state index is 12.6. The third-order valence-corrected chi connectivity index (χ3v) is 7.59. The van der Waals surface area contributed by atoms with Gasteiger partial charge in [0, 0.05) is 42.5 Å². The van der Waals surface area contributed by atoms with Crippen LogP contribution < -0.4 is 9.64 Å². The van der Waals surface area contributed by atoms with Crippen molar-refractivity contribution >= 4 is 11.7 Å². The maximum Gasteiger partial charge on any atom is 0.337 e. The third kappa shape index (κ3) is 7.19. The quantitative estimate of drug-likeness (QED) is 0.311. The SMILES string of the molecule is Cc1ccccc1CCOc1ccc(-c2cnc(C)c([C@H](OC(C)(C)C)C(=O)O)c2N2CCC(C)(C)CC2)nc1. The molecule has 7 heteroatoms. The van der Waals surface area contributed by atoms with E-state index in [1.54, 1.807) is 6.20 Å². The molecule has 1 aromatic carbocycles. The molecule has 0 radical (unpaired) electrons. The molecule has 1 fully saturated rings. The lowest BCUT2D eigenvalue weighted by atomic mass is 9.82. The topological polar surface area (TPSA) is 84.8 Å². The highest BCUT2D eigenvalue weighted by molar-refractivity contribution is 5.85. The molecule has 0 unspecified atom stereocenters. The van der Waals surface area contributed by atoms with Gasteiger partial charge in [-0.25, -0.2) is 4.79 Å². The summed E-state index contributed by atoms with van der Waals surface area (Å²) in [5.74, 6) is -0.334. The summed E-state index contributed by atoms with van der Waals surface area (Å²) in [7, 11) is 0. The lowest BCUT2D eigenvalue weighted by Gasteiger charge is -2.40.